The third-order valence-corrected chi connectivity index (χ3v) is 3.95. The molecule has 0 fully saturated rings. The molecule has 1 aromatic rings. The smallest absolute Gasteiger partial charge is 0.287 e. The van der Waals surface area contributed by atoms with Gasteiger partial charge < -0.3 is 20.8 Å². The molecule has 0 saturated carbocycles. The van der Waals surface area contributed by atoms with Crippen LogP contribution in [0.25, 0.3) is 0 Å². The number of ketones is 1. The molecular weight excluding hydrogens is 324 g/mol. The van der Waals surface area contributed by atoms with Gasteiger partial charge >= 0.3 is 0 Å². The zero-order valence-electron chi connectivity index (χ0n) is 14.8. The van der Waals surface area contributed by atoms with Gasteiger partial charge in [-0.25, -0.2) is 0 Å². The Balaban J connectivity index is 2.41. The van der Waals surface area contributed by atoms with Crippen molar-refractivity contribution in [2.75, 3.05) is 13.2 Å². The van der Waals surface area contributed by atoms with Gasteiger partial charge in [-0.3, -0.25) is 14.4 Å². The first-order chi connectivity index (χ1) is 11.7. The number of aliphatic hydroxyl groups is 2. The molecule has 0 aromatic heterocycles. The number of Topliss-reactive ketones (excluding diaryl/α,β-unsaturated/α-hetero) is 1. The predicted molar refractivity (Wildman–Crippen MR) is 92.5 cm³/mol. The monoisotopic (exact) mass is 350 g/mol. The highest BCUT2D eigenvalue weighted by Gasteiger charge is 2.32. The molecule has 0 spiro atoms. The third-order valence-electron chi connectivity index (χ3n) is 3.95. The first-order valence-corrected chi connectivity index (χ1v) is 8.14. The lowest BCUT2D eigenvalue weighted by Gasteiger charge is -2.27. The molecule has 2 amide bonds. The predicted octanol–water partition coefficient (Wildman–Crippen LogP) is 0.319. The number of rotatable bonds is 9. The van der Waals surface area contributed by atoms with E-state index in [2.05, 4.69) is 10.6 Å². The lowest BCUT2D eigenvalue weighted by Crippen LogP contribution is -2.46. The summed E-state index contributed by atoms with van der Waals surface area (Å²) in [6.07, 6.45) is -1.58. The summed E-state index contributed by atoms with van der Waals surface area (Å²) in [6.45, 7) is 4.43. The van der Waals surface area contributed by atoms with E-state index in [9.17, 15) is 19.5 Å². The standard InChI is InChI=1S/C18H26N2O5/c1-12(13-7-5-4-6-8-13)20-16(24)14(22)9-10-19-17(25)15(23)18(2,3)11-21/h4-8,12,15,21,23H,9-11H2,1-3H3,(H,19,25)(H,20,24). The Kier molecular flexibility index (Phi) is 7.73. The Morgan fingerprint density at radius 2 is 1.76 bits per heavy atom. The zero-order valence-corrected chi connectivity index (χ0v) is 14.8. The first-order valence-electron chi connectivity index (χ1n) is 8.14. The molecule has 0 heterocycles. The van der Waals surface area contributed by atoms with Gasteiger partial charge in [0.25, 0.3) is 5.91 Å². The molecule has 0 radical (unpaired) electrons. The molecule has 2 unspecified atom stereocenters. The van der Waals surface area contributed by atoms with E-state index in [1.54, 1.807) is 20.8 Å². The van der Waals surface area contributed by atoms with Gasteiger partial charge in [0.05, 0.1) is 12.6 Å². The SMILES string of the molecule is CC(NC(=O)C(=O)CCNC(=O)C(O)C(C)(C)CO)c1ccccc1. The molecule has 25 heavy (non-hydrogen) atoms. The van der Waals surface area contributed by atoms with Gasteiger partial charge in [-0.05, 0) is 12.5 Å². The van der Waals surface area contributed by atoms with Gasteiger partial charge in [0.2, 0.25) is 11.7 Å². The number of hydrogen-bond acceptors (Lipinski definition) is 5. The highest BCUT2D eigenvalue weighted by molar-refractivity contribution is 6.36. The Bertz CT molecular complexity index is 601. The Morgan fingerprint density at radius 1 is 1.16 bits per heavy atom. The van der Waals surface area contributed by atoms with Crippen molar-refractivity contribution in [3.05, 3.63) is 35.9 Å². The normalized spacial score (nSPS) is 13.6. The van der Waals surface area contributed by atoms with Crippen LogP contribution in [-0.2, 0) is 14.4 Å². The van der Waals surface area contributed by atoms with Gasteiger partial charge in [0.15, 0.2) is 0 Å². The summed E-state index contributed by atoms with van der Waals surface area (Å²) in [5, 5.41) is 24.0. The van der Waals surface area contributed by atoms with E-state index in [1.165, 1.54) is 0 Å². The quantitative estimate of drug-likeness (QED) is 0.479. The van der Waals surface area contributed by atoms with Crippen LogP contribution in [-0.4, -0.2) is 47.1 Å². The van der Waals surface area contributed by atoms with Crippen LogP contribution in [0.1, 0.15) is 38.8 Å². The second-order valence-electron chi connectivity index (χ2n) is 6.62. The zero-order chi connectivity index (χ0) is 19.0. The van der Waals surface area contributed by atoms with Crippen molar-refractivity contribution in [1.29, 1.82) is 0 Å². The topological polar surface area (TPSA) is 116 Å². The fraction of sp³-hybridized carbons (Fsp3) is 0.500. The molecule has 7 nitrogen and oxygen atoms in total. The molecule has 4 N–H and O–H groups in total. The van der Waals surface area contributed by atoms with Crippen molar-refractivity contribution in [3.8, 4) is 0 Å². The fourth-order valence-electron chi connectivity index (χ4n) is 2.05. The van der Waals surface area contributed by atoms with E-state index in [4.69, 9.17) is 5.11 Å². The van der Waals surface area contributed by atoms with Crippen LogP contribution < -0.4 is 10.6 Å². The maximum atomic E-state index is 11.9. The van der Waals surface area contributed by atoms with E-state index >= 15 is 0 Å². The molecule has 7 heteroatoms. The molecule has 1 aromatic carbocycles. The third kappa shape index (κ3) is 6.28. The molecule has 0 aliphatic heterocycles. The average Bonchev–Trinajstić information content (AvgIpc) is 2.61. The average molecular weight is 350 g/mol. The van der Waals surface area contributed by atoms with Crippen LogP contribution in [0.2, 0.25) is 0 Å². The summed E-state index contributed by atoms with van der Waals surface area (Å²) >= 11 is 0. The van der Waals surface area contributed by atoms with Gasteiger partial charge in [-0.2, -0.15) is 0 Å². The fourth-order valence-corrected chi connectivity index (χ4v) is 2.05. The van der Waals surface area contributed by atoms with E-state index in [0.29, 0.717) is 0 Å². The Hall–Kier alpha value is -2.25. The molecule has 0 aliphatic rings. The number of nitrogens with one attached hydrogen (secondary N) is 2. The molecule has 2 atom stereocenters. The maximum absolute atomic E-state index is 11.9. The van der Waals surface area contributed by atoms with Crippen LogP contribution in [0.15, 0.2) is 30.3 Å². The van der Waals surface area contributed by atoms with Crippen molar-refractivity contribution in [3.63, 3.8) is 0 Å². The second-order valence-corrected chi connectivity index (χ2v) is 6.62. The molecule has 1 rings (SSSR count). The summed E-state index contributed by atoms with van der Waals surface area (Å²) in [6, 6.07) is 8.93. The van der Waals surface area contributed by atoms with Crippen molar-refractivity contribution in [2.45, 2.75) is 39.3 Å². The molecule has 0 saturated heterocycles. The minimum atomic E-state index is -1.40. The van der Waals surface area contributed by atoms with E-state index in [1.807, 2.05) is 30.3 Å². The van der Waals surface area contributed by atoms with Gasteiger partial charge in [0.1, 0.15) is 6.10 Å². The number of amides is 2. The number of benzene rings is 1. The van der Waals surface area contributed by atoms with E-state index in [0.717, 1.165) is 5.56 Å². The Morgan fingerprint density at radius 3 is 2.32 bits per heavy atom. The van der Waals surface area contributed by atoms with Crippen LogP contribution >= 0.6 is 0 Å². The van der Waals surface area contributed by atoms with Crippen LogP contribution in [0.5, 0.6) is 0 Å². The molecule has 138 valence electrons. The minimum absolute atomic E-state index is 0.0661. The number of carbonyl (C=O) groups is 3. The summed E-state index contributed by atoms with van der Waals surface area (Å²) in [5.41, 5.74) is -0.109. The first kappa shape index (κ1) is 20.8. The van der Waals surface area contributed by atoms with Crippen molar-refractivity contribution < 1.29 is 24.6 Å². The van der Waals surface area contributed by atoms with E-state index < -0.39 is 29.1 Å². The summed E-state index contributed by atoms with van der Waals surface area (Å²) in [5.74, 6) is -2.06. The van der Waals surface area contributed by atoms with Gasteiger partial charge in [-0.1, -0.05) is 44.2 Å². The summed E-state index contributed by atoms with van der Waals surface area (Å²) < 4.78 is 0. The lowest BCUT2D eigenvalue weighted by atomic mass is 9.87. The summed E-state index contributed by atoms with van der Waals surface area (Å²) in [4.78, 5) is 35.5. The van der Waals surface area contributed by atoms with Crippen molar-refractivity contribution in [1.82, 2.24) is 10.6 Å². The number of aliphatic hydroxyl groups excluding tert-OH is 2. The van der Waals surface area contributed by atoms with Gasteiger partial charge in [0, 0.05) is 18.4 Å². The molecule has 0 aliphatic carbocycles. The molecule has 0 bridgehead atoms. The van der Waals surface area contributed by atoms with Crippen LogP contribution in [0.4, 0.5) is 0 Å². The van der Waals surface area contributed by atoms with Crippen LogP contribution in [0, 0.1) is 5.41 Å². The number of carbonyl (C=O) groups excluding carboxylic acids is 3. The van der Waals surface area contributed by atoms with Crippen LogP contribution in [0.3, 0.4) is 0 Å². The van der Waals surface area contributed by atoms with Crippen molar-refractivity contribution >= 4 is 17.6 Å². The summed E-state index contributed by atoms with van der Waals surface area (Å²) in [7, 11) is 0. The van der Waals surface area contributed by atoms with Gasteiger partial charge in [-0.15, -0.1) is 0 Å². The molecular formula is C18H26N2O5. The minimum Gasteiger partial charge on any atom is -0.396 e. The Labute approximate surface area is 147 Å². The number of hydrogen-bond donors (Lipinski definition) is 4. The second kappa shape index (κ2) is 9.29. The highest BCUT2D eigenvalue weighted by atomic mass is 16.3. The maximum Gasteiger partial charge on any atom is 0.287 e. The van der Waals surface area contributed by atoms with E-state index in [-0.39, 0.29) is 25.6 Å². The highest BCUT2D eigenvalue weighted by Crippen LogP contribution is 2.19. The van der Waals surface area contributed by atoms with Crippen molar-refractivity contribution in [2.24, 2.45) is 5.41 Å². The lowest BCUT2D eigenvalue weighted by molar-refractivity contribution is -0.139. The largest absolute Gasteiger partial charge is 0.396 e.